The fraction of sp³-hybridized carbons (Fsp3) is 0.273. The van der Waals surface area contributed by atoms with Gasteiger partial charge in [-0.3, -0.25) is 9.69 Å². The average Bonchev–Trinajstić information content (AvgIpc) is 2.83. The van der Waals surface area contributed by atoms with Crippen molar-refractivity contribution in [2.24, 2.45) is 0 Å². The Kier molecular flexibility index (Phi) is 6.31. The summed E-state index contributed by atoms with van der Waals surface area (Å²) >= 11 is 0. The third kappa shape index (κ3) is 4.82. The number of carbonyl (C=O) groups is 2. The summed E-state index contributed by atoms with van der Waals surface area (Å²) in [7, 11) is 0. The summed E-state index contributed by atoms with van der Waals surface area (Å²) in [5.74, 6) is 0.234. The zero-order valence-electron chi connectivity index (χ0n) is 17.3. The largest absolute Gasteiger partial charge is 0.465 e. The molecule has 2 aromatic heterocycles. The molecule has 1 atom stereocenters. The summed E-state index contributed by atoms with van der Waals surface area (Å²) in [5.41, 5.74) is 0.537. The molecule has 1 fully saturated rings. The molecule has 1 aliphatic rings. The Bertz CT molecular complexity index is 1180. The number of carbonyl (C=O) groups excluding carboxylic acids is 1. The van der Waals surface area contributed by atoms with E-state index in [1.807, 2.05) is 0 Å². The lowest BCUT2D eigenvalue weighted by atomic mass is 10.1. The molecule has 0 spiro atoms. The number of hydrogen-bond acceptors (Lipinski definition) is 6. The smallest absolute Gasteiger partial charge is 0.407 e. The average molecular weight is 458 g/mol. The van der Waals surface area contributed by atoms with Gasteiger partial charge in [-0.2, -0.15) is 0 Å². The number of carboxylic acid groups (broad SMARTS) is 1. The van der Waals surface area contributed by atoms with Crippen LogP contribution in [0.3, 0.4) is 0 Å². The van der Waals surface area contributed by atoms with Gasteiger partial charge in [-0.15, -0.1) is 0 Å². The second kappa shape index (κ2) is 9.33. The van der Waals surface area contributed by atoms with Gasteiger partial charge in [0.1, 0.15) is 11.4 Å². The summed E-state index contributed by atoms with van der Waals surface area (Å²) in [5, 5.41) is 19.4. The standard InChI is InChI=1S/C22H20F2N4O5/c23-20(24)14-2-6-19(25-10-14)33-16-3-5-17-13(9-16)1-4-18(26-17)21(30)27-7-8-28(22(31)32)15(11-27)12-29/h1-6,9-10,15,20,29H,7-8,11-12H2,(H,31,32)/t15-/m1/s1. The minimum Gasteiger partial charge on any atom is -0.465 e. The Balaban J connectivity index is 1.48. The SMILES string of the molecule is O=C(c1ccc2cc(Oc3ccc(C(F)F)cn3)ccc2n1)N1CCN(C(=O)O)[C@@H](CO)C1. The van der Waals surface area contributed by atoms with Crippen LogP contribution in [-0.2, 0) is 0 Å². The van der Waals surface area contributed by atoms with Gasteiger partial charge < -0.3 is 19.8 Å². The van der Waals surface area contributed by atoms with Crippen molar-refractivity contribution in [3.8, 4) is 11.6 Å². The number of pyridine rings is 2. The van der Waals surface area contributed by atoms with E-state index in [-0.39, 0.29) is 49.3 Å². The number of hydrogen-bond donors (Lipinski definition) is 2. The highest BCUT2D eigenvalue weighted by atomic mass is 19.3. The fourth-order valence-corrected chi connectivity index (χ4v) is 3.60. The molecule has 0 unspecified atom stereocenters. The number of rotatable bonds is 5. The van der Waals surface area contributed by atoms with Crippen LogP contribution in [0.5, 0.6) is 11.6 Å². The molecule has 3 heterocycles. The van der Waals surface area contributed by atoms with Gasteiger partial charge in [0.2, 0.25) is 5.88 Å². The van der Waals surface area contributed by atoms with Gasteiger partial charge in [0.15, 0.2) is 0 Å². The van der Waals surface area contributed by atoms with E-state index >= 15 is 0 Å². The number of aliphatic hydroxyl groups is 1. The molecule has 33 heavy (non-hydrogen) atoms. The van der Waals surface area contributed by atoms with Gasteiger partial charge >= 0.3 is 6.09 Å². The van der Waals surface area contributed by atoms with Crippen LogP contribution in [-0.4, -0.2) is 74.3 Å². The molecular weight excluding hydrogens is 438 g/mol. The molecule has 0 aliphatic carbocycles. The Morgan fingerprint density at radius 1 is 1.15 bits per heavy atom. The first kappa shape index (κ1) is 22.3. The summed E-state index contributed by atoms with van der Waals surface area (Å²) in [6.45, 7) is -0.00636. The van der Waals surface area contributed by atoms with Gasteiger partial charge in [-0.25, -0.2) is 23.5 Å². The van der Waals surface area contributed by atoms with Crippen LogP contribution in [0.25, 0.3) is 10.9 Å². The lowest BCUT2D eigenvalue weighted by Crippen LogP contribution is -2.57. The van der Waals surface area contributed by atoms with Crippen LogP contribution < -0.4 is 4.74 Å². The molecule has 3 aromatic rings. The molecule has 1 aliphatic heterocycles. The zero-order valence-corrected chi connectivity index (χ0v) is 17.3. The molecule has 0 bridgehead atoms. The molecule has 4 rings (SSSR count). The third-order valence-electron chi connectivity index (χ3n) is 5.34. The third-order valence-corrected chi connectivity index (χ3v) is 5.34. The van der Waals surface area contributed by atoms with Crippen LogP contribution in [0.2, 0.25) is 0 Å². The van der Waals surface area contributed by atoms with Gasteiger partial charge in [0.05, 0.1) is 18.2 Å². The molecule has 1 aromatic carbocycles. The maximum atomic E-state index is 12.9. The van der Waals surface area contributed by atoms with Crippen LogP contribution in [0.1, 0.15) is 22.5 Å². The second-order valence-corrected chi connectivity index (χ2v) is 7.45. The molecule has 0 saturated carbocycles. The molecule has 2 amide bonds. The van der Waals surface area contributed by atoms with Crippen LogP contribution in [0.4, 0.5) is 13.6 Å². The minimum absolute atomic E-state index is 0.0749. The van der Waals surface area contributed by atoms with Gasteiger partial charge in [0.25, 0.3) is 12.3 Å². The molecule has 172 valence electrons. The van der Waals surface area contributed by atoms with Crippen molar-refractivity contribution in [3.63, 3.8) is 0 Å². The monoisotopic (exact) mass is 458 g/mol. The van der Waals surface area contributed by atoms with Crippen molar-refractivity contribution in [2.45, 2.75) is 12.5 Å². The second-order valence-electron chi connectivity index (χ2n) is 7.45. The lowest BCUT2D eigenvalue weighted by Gasteiger charge is -2.38. The first-order chi connectivity index (χ1) is 15.9. The van der Waals surface area contributed by atoms with E-state index in [1.165, 1.54) is 17.0 Å². The van der Waals surface area contributed by atoms with Crippen LogP contribution >= 0.6 is 0 Å². The molecule has 0 radical (unpaired) electrons. The highest BCUT2D eigenvalue weighted by molar-refractivity contribution is 5.95. The fourth-order valence-electron chi connectivity index (χ4n) is 3.60. The van der Waals surface area contributed by atoms with Crippen molar-refractivity contribution in [1.82, 2.24) is 19.8 Å². The molecule has 9 nitrogen and oxygen atoms in total. The molecule has 2 N–H and O–H groups in total. The predicted octanol–water partition coefficient (Wildman–Crippen LogP) is 3.16. The van der Waals surface area contributed by atoms with Crippen molar-refractivity contribution >= 4 is 22.9 Å². The highest BCUT2D eigenvalue weighted by Crippen LogP contribution is 2.26. The van der Waals surface area contributed by atoms with Gasteiger partial charge in [-0.05, 0) is 30.3 Å². The number of benzene rings is 1. The Labute approximate surface area is 186 Å². The number of piperazine rings is 1. The summed E-state index contributed by atoms with van der Waals surface area (Å²) in [6.07, 6.45) is -2.69. The number of halogens is 2. The molecular formula is C22H20F2N4O5. The van der Waals surface area contributed by atoms with E-state index in [4.69, 9.17) is 4.74 Å². The number of aromatic nitrogens is 2. The molecule has 11 heteroatoms. The van der Waals surface area contributed by atoms with Crippen molar-refractivity contribution < 1.29 is 33.3 Å². The van der Waals surface area contributed by atoms with Gasteiger partial charge in [-0.1, -0.05) is 6.07 Å². The summed E-state index contributed by atoms with van der Waals surface area (Å²) in [4.78, 5) is 35.0. The van der Waals surface area contributed by atoms with E-state index in [9.17, 15) is 28.6 Å². The maximum Gasteiger partial charge on any atom is 0.407 e. The maximum absolute atomic E-state index is 12.9. The Hall–Kier alpha value is -3.86. The van der Waals surface area contributed by atoms with E-state index < -0.39 is 18.6 Å². The van der Waals surface area contributed by atoms with E-state index in [0.29, 0.717) is 16.7 Å². The Morgan fingerprint density at radius 2 is 1.97 bits per heavy atom. The summed E-state index contributed by atoms with van der Waals surface area (Å²) < 4.78 is 30.9. The number of alkyl halides is 2. The number of aliphatic hydroxyl groups excluding tert-OH is 1. The van der Waals surface area contributed by atoms with Gasteiger partial charge in [0, 0.05) is 42.8 Å². The number of amides is 2. The number of ether oxygens (including phenoxy) is 1. The summed E-state index contributed by atoms with van der Waals surface area (Å²) in [6, 6.07) is 10.1. The van der Waals surface area contributed by atoms with E-state index in [0.717, 1.165) is 11.1 Å². The lowest BCUT2D eigenvalue weighted by molar-refractivity contribution is 0.0334. The number of nitrogens with zero attached hydrogens (tertiary/aromatic N) is 4. The van der Waals surface area contributed by atoms with Crippen LogP contribution in [0, 0.1) is 0 Å². The minimum atomic E-state index is -2.61. The zero-order chi connectivity index (χ0) is 23.5. The van der Waals surface area contributed by atoms with Crippen molar-refractivity contribution in [2.75, 3.05) is 26.2 Å². The quantitative estimate of drug-likeness (QED) is 0.603. The number of fused-ring (bicyclic) bond motifs is 1. The van der Waals surface area contributed by atoms with Crippen LogP contribution in [0.15, 0.2) is 48.7 Å². The first-order valence-electron chi connectivity index (χ1n) is 10.1. The predicted molar refractivity (Wildman–Crippen MR) is 113 cm³/mol. The van der Waals surface area contributed by atoms with Crippen molar-refractivity contribution in [3.05, 3.63) is 59.9 Å². The topological polar surface area (TPSA) is 116 Å². The normalized spacial score (nSPS) is 16.3. The first-order valence-corrected chi connectivity index (χ1v) is 10.1. The van der Waals surface area contributed by atoms with E-state index in [1.54, 1.807) is 30.3 Å². The Morgan fingerprint density at radius 3 is 2.64 bits per heavy atom. The van der Waals surface area contributed by atoms with E-state index in [2.05, 4.69) is 9.97 Å². The molecule has 1 saturated heterocycles. The van der Waals surface area contributed by atoms with Crippen molar-refractivity contribution in [1.29, 1.82) is 0 Å². The highest BCUT2D eigenvalue weighted by Gasteiger charge is 2.32.